The maximum absolute atomic E-state index is 14.7. The minimum absolute atomic E-state index is 0. The molecule has 3 aliphatic heterocycles. The minimum atomic E-state index is -0.417. The van der Waals surface area contributed by atoms with Crippen molar-refractivity contribution in [3.05, 3.63) is 35.4 Å². The second-order valence-electron chi connectivity index (χ2n) is 6.77. The summed E-state index contributed by atoms with van der Waals surface area (Å²) in [5, 5.41) is 1.90. The average Bonchev–Trinajstić information content (AvgIpc) is 3.12. The Labute approximate surface area is 186 Å². The Balaban J connectivity index is 0.00000225. The van der Waals surface area contributed by atoms with Gasteiger partial charge >= 0.3 is 0 Å². The first-order valence-corrected chi connectivity index (χ1v) is 10.4. The van der Waals surface area contributed by atoms with Gasteiger partial charge in [0.05, 0.1) is 40.9 Å². The van der Waals surface area contributed by atoms with Crippen LogP contribution in [0.15, 0.2) is 24.5 Å². The zero-order chi connectivity index (χ0) is 19.0. The fraction of sp³-hybridized carbons (Fsp3) is 0.500. The lowest BCUT2D eigenvalue weighted by atomic mass is 10.2. The van der Waals surface area contributed by atoms with Gasteiger partial charge in [0.1, 0.15) is 0 Å². The molecule has 0 spiro atoms. The highest BCUT2D eigenvalue weighted by molar-refractivity contribution is 8.09. The zero-order valence-corrected chi connectivity index (χ0v) is 18.6. The molecule has 156 valence electrons. The Morgan fingerprint density at radius 3 is 2.64 bits per heavy atom. The summed E-state index contributed by atoms with van der Waals surface area (Å²) >= 11 is 11.6. The van der Waals surface area contributed by atoms with Gasteiger partial charge in [-0.1, -0.05) is 24.4 Å². The predicted octanol–water partition coefficient (Wildman–Crippen LogP) is 3.29. The van der Waals surface area contributed by atoms with E-state index in [4.69, 9.17) is 22.4 Å². The normalized spacial score (nSPS) is 21.5. The summed E-state index contributed by atoms with van der Waals surface area (Å²) in [5.41, 5.74) is 0.936. The lowest BCUT2D eigenvalue weighted by Crippen LogP contribution is -2.35. The molecule has 0 saturated carbocycles. The van der Waals surface area contributed by atoms with E-state index in [9.17, 15) is 4.39 Å². The van der Waals surface area contributed by atoms with E-state index in [1.807, 2.05) is 0 Å². The molecular formula is C16H24ClFN6OS3. The highest BCUT2D eigenvalue weighted by Gasteiger charge is 2.31. The van der Waals surface area contributed by atoms with Gasteiger partial charge in [0.25, 0.3) is 0 Å². The van der Waals surface area contributed by atoms with Gasteiger partial charge in [-0.3, -0.25) is 4.90 Å². The van der Waals surface area contributed by atoms with Crippen molar-refractivity contribution < 1.29 is 9.33 Å². The topological polar surface area (TPSA) is 51.2 Å². The van der Waals surface area contributed by atoms with Crippen LogP contribution in [0.3, 0.4) is 0 Å². The Hall–Kier alpha value is -0.530. The quantitative estimate of drug-likeness (QED) is 0.275. The van der Waals surface area contributed by atoms with Crippen molar-refractivity contribution in [2.24, 2.45) is 5.84 Å². The molecule has 12 heteroatoms. The number of nitrogens with two attached hydrogens (primary N) is 1. The van der Waals surface area contributed by atoms with Crippen LogP contribution in [0.2, 0.25) is 5.02 Å². The van der Waals surface area contributed by atoms with Crippen molar-refractivity contribution in [2.45, 2.75) is 25.3 Å². The highest BCUT2D eigenvalue weighted by atomic mass is 35.5. The van der Waals surface area contributed by atoms with Crippen LogP contribution in [0.1, 0.15) is 19.3 Å². The van der Waals surface area contributed by atoms with Crippen molar-refractivity contribution in [2.75, 3.05) is 34.8 Å². The van der Waals surface area contributed by atoms with Crippen molar-refractivity contribution in [1.82, 2.24) is 14.5 Å². The highest BCUT2D eigenvalue weighted by Crippen LogP contribution is 2.38. The molecule has 1 unspecified atom stereocenters. The van der Waals surface area contributed by atoms with E-state index in [-0.39, 0.29) is 19.2 Å². The van der Waals surface area contributed by atoms with Gasteiger partial charge in [-0.15, -0.1) is 4.94 Å². The number of halogens is 2. The second-order valence-corrected chi connectivity index (χ2v) is 8.73. The molecule has 2 saturated heterocycles. The first-order chi connectivity index (χ1) is 13.0. The molecule has 4 rings (SSSR count). The third-order valence-corrected chi connectivity index (χ3v) is 6.30. The number of hydrogen-bond donors (Lipinski definition) is 2. The van der Waals surface area contributed by atoms with Crippen LogP contribution in [0.4, 0.5) is 15.8 Å². The van der Waals surface area contributed by atoms with E-state index in [1.165, 1.54) is 27.7 Å². The lowest BCUT2D eigenvalue weighted by Gasteiger charge is -2.26. The first-order valence-electron chi connectivity index (χ1n) is 8.86. The molecule has 28 heavy (non-hydrogen) atoms. The molecule has 0 radical (unpaired) electrons. The molecule has 2 N–H and O–H groups in total. The molecule has 1 atom stereocenters. The summed E-state index contributed by atoms with van der Waals surface area (Å²) in [6.07, 6.45) is 6.98. The molecule has 0 amide bonds. The second kappa shape index (κ2) is 9.52. The van der Waals surface area contributed by atoms with E-state index in [0.29, 0.717) is 11.1 Å². The number of rotatable bonds is 7. The van der Waals surface area contributed by atoms with Crippen molar-refractivity contribution in [1.29, 1.82) is 0 Å². The first kappa shape index (κ1) is 22.2. The number of hydrazine groups is 1. The predicted molar refractivity (Wildman–Crippen MR) is 120 cm³/mol. The van der Waals surface area contributed by atoms with Crippen LogP contribution >= 0.6 is 50.0 Å². The summed E-state index contributed by atoms with van der Waals surface area (Å²) in [5.74, 6) is 5.26. The van der Waals surface area contributed by atoms with Crippen LogP contribution in [-0.2, 0) is 4.94 Å². The number of nitrogens with zero attached hydrogens (tertiary/aromatic N) is 5. The van der Waals surface area contributed by atoms with Gasteiger partial charge < -0.3 is 4.90 Å². The van der Waals surface area contributed by atoms with Crippen LogP contribution in [-0.4, -0.2) is 46.8 Å². The standard InChI is InChI=1S/C16H22ClFN6OS2.H2S/c17-13-9-16(23(26)27-24(19)25-22-7-8-22)14(18)10-15(13)21-6-3-12(11-21)20-4-1-2-5-20;/h7-10,12,26H,1-6,11,19H2;1H2. The number of hydroxylamine groups is 2. The van der Waals surface area contributed by atoms with E-state index >= 15 is 0 Å². The summed E-state index contributed by atoms with van der Waals surface area (Å²) in [6.45, 7) is 4.09. The van der Waals surface area contributed by atoms with Crippen LogP contribution in [0, 0.1) is 5.82 Å². The Bertz CT molecular complexity index is 720. The van der Waals surface area contributed by atoms with Gasteiger partial charge in [0, 0.05) is 25.2 Å². The third kappa shape index (κ3) is 5.14. The Kier molecular flexibility index (Phi) is 7.54. The average molecular weight is 467 g/mol. The minimum Gasteiger partial charge on any atom is -0.369 e. The van der Waals surface area contributed by atoms with Crippen molar-refractivity contribution >= 4 is 61.4 Å². The maximum atomic E-state index is 14.7. The maximum Gasteiger partial charge on any atom is 0.150 e. The van der Waals surface area contributed by atoms with Gasteiger partial charge in [-0.05, 0) is 43.0 Å². The summed E-state index contributed by atoms with van der Waals surface area (Å²) in [7, 11) is 0. The molecular weight excluding hydrogens is 443 g/mol. The molecule has 3 heterocycles. The molecule has 2 fully saturated rings. The van der Waals surface area contributed by atoms with Crippen LogP contribution in [0.25, 0.3) is 0 Å². The fourth-order valence-corrected chi connectivity index (χ4v) is 4.72. The van der Waals surface area contributed by atoms with Crippen molar-refractivity contribution in [3.63, 3.8) is 0 Å². The fourth-order valence-electron chi connectivity index (χ4n) is 3.59. The Morgan fingerprint density at radius 1 is 1.25 bits per heavy atom. The number of likely N-dealkylation sites (tertiary alicyclic amines) is 1. The van der Waals surface area contributed by atoms with E-state index < -0.39 is 5.82 Å². The van der Waals surface area contributed by atoms with E-state index in [0.717, 1.165) is 55.0 Å². The molecule has 7 nitrogen and oxygen atoms in total. The monoisotopic (exact) mass is 466 g/mol. The summed E-state index contributed by atoms with van der Waals surface area (Å²) < 4.78 is 17.0. The smallest absolute Gasteiger partial charge is 0.150 e. The molecule has 0 aliphatic carbocycles. The molecule has 0 aromatic heterocycles. The Morgan fingerprint density at radius 2 is 1.96 bits per heavy atom. The number of anilines is 2. The third-order valence-electron chi connectivity index (χ3n) is 4.99. The van der Waals surface area contributed by atoms with E-state index in [2.05, 4.69) is 22.6 Å². The number of thiol groups is 1. The largest absolute Gasteiger partial charge is 0.369 e. The number of benzene rings is 1. The lowest BCUT2D eigenvalue weighted by molar-refractivity contribution is -0.206. The summed E-state index contributed by atoms with van der Waals surface area (Å²) in [4.78, 5) is 9.82. The van der Waals surface area contributed by atoms with Crippen molar-refractivity contribution in [3.8, 4) is 0 Å². The van der Waals surface area contributed by atoms with Gasteiger partial charge in [0.15, 0.2) is 5.82 Å². The van der Waals surface area contributed by atoms with Gasteiger partial charge in [-0.25, -0.2) is 19.0 Å². The SMILES string of the molecule is NN(ON1C=C1)SN(S)c1cc(Cl)c(N2CCC(N3CCCC3)C2)cc1F.S. The molecule has 1 aromatic carbocycles. The zero-order valence-electron chi connectivity index (χ0n) is 15.2. The van der Waals surface area contributed by atoms with E-state index in [1.54, 1.807) is 18.5 Å². The molecule has 0 bridgehead atoms. The van der Waals surface area contributed by atoms with Crippen LogP contribution in [0.5, 0.6) is 0 Å². The van der Waals surface area contributed by atoms with Gasteiger partial charge in [0.2, 0.25) is 0 Å². The molecule has 1 aromatic rings. The van der Waals surface area contributed by atoms with Gasteiger partial charge in [-0.2, -0.15) is 13.5 Å². The van der Waals surface area contributed by atoms with Crippen LogP contribution < -0.4 is 14.5 Å². The number of hydrogen-bond acceptors (Lipinski definition) is 9. The summed E-state index contributed by atoms with van der Waals surface area (Å²) in [6, 6.07) is 3.57. The molecule has 3 aliphatic rings.